The molecule has 1 fully saturated rings. The maximum absolute atomic E-state index is 12.7. The van der Waals surface area contributed by atoms with Crippen LogP contribution in [0.2, 0.25) is 0 Å². The van der Waals surface area contributed by atoms with E-state index >= 15 is 0 Å². The van der Waals surface area contributed by atoms with Crippen molar-refractivity contribution in [1.29, 1.82) is 0 Å². The van der Waals surface area contributed by atoms with Gasteiger partial charge in [0.2, 0.25) is 5.91 Å². The molecule has 4 rings (SSSR count). The Labute approximate surface area is 173 Å². The van der Waals surface area contributed by atoms with Crippen LogP contribution in [0.3, 0.4) is 0 Å². The number of nitrogens with one attached hydrogen (secondary N) is 1. The molecule has 2 aromatic heterocycles. The number of nitrogens with zero attached hydrogens (tertiary/aromatic N) is 3. The summed E-state index contributed by atoms with van der Waals surface area (Å²) in [6.07, 6.45) is 1.17. The molecule has 1 saturated heterocycles. The molecule has 1 atom stereocenters. The number of aromatic nitrogens is 2. The average Bonchev–Trinajstić information content (AvgIpc) is 3.43. The zero-order valence-corrected chi connectivity index (χ0v) is 16.8. The van der Waals surface area contributed by atoms with Crippen LogP contribution < -0.4 is 10.2 Å². The zero-order valence-electron chi connectivity index (χ0n) is 15.1. The molecule has 3 aromatic rings. The normalized spacial score (nSPS) is 16.9. The van der Waals surface area contributed by atoms with Gasteiger partial charge >= 0.3 is 6.18 Å². The number of anilines is 2. The number of alkyl halides is 3. The van der Waals surface area contributed by atoms with Gasteiger partial charge in [-0.25, -0.2) is 9.97 Å². The van der Waals surface area contributed by atoms with Crippen LogP contribution in [-0.4, -0.2) is 28.5 Å². The molecule has 1 N–H and O–H groups in total. The van der Waals surface area contributed by atoms with Gasteiger partial charge in [-0.3, -0.25) is 4.79 Å². The summed E-state index contributed by atoms with van der Waals surface area (Å²) in [5.74, 6) is -0.117. The van der Waals surface area contributed by atoms with E-state index in [0.29, 0.717) is 11.6 Å². The molecule has 152 valence electrons. The van der Waals surface area contributed by atoms with Crippen molar-refractivity contribution in [1.82, 2.24) is 9.97 Å². The fourth-order valence-corrected chi connectivity index (χ4v) is 4.84. The Kier molecular flexibility index (Phi) is 5.55. The Morgan fingerprint density at radius 1 is 1.24 bits per heavy atom. The van der Waals surface area contributed by atoms with E-state index in [1.807, 2.05) is 10.3 Å². The fourth-order valence-electron chi connectivity index (χ4n) is 3.27. The summed E-state index contributed by atoms with van der Waals surface area (Å²) in [5.41, 5.74) is 0.0881. The number of carbonyl (C=O) groups excluding carboxylic acids is 1. The van der Waals surface area contributed by atoms with Crippen LogP contribution in [0.1, 0.15) is 28.8 Å². The first-order chi connectivity index (χ1) is 13.9. The monoisotopic (exact) mass is 438 g/mol. The van der Waals surface area contributed by atoms with Gasteiger partial charge in [0.15, 0.2) is 10.3 Å². The first kappa shape index (κ1) is 19.8. The maximum Gasteiger partial charge on any atom is 0.416 e. The molecule has 1 aromatic carbocycles. The highest BCUT2D eigenvalue weighted by Crippen LogP contribution is 2.31. The average molecular weight is 439 g/mol. The summed E-state index contributed by atoms with van der Waals surface area (Å²) in [7, 11) is 0. The minimum absolute atomic E-state index is 0.117. The molecule has 3 heterocycles. The molecule has 0 spiro atoms. The third kappa shape index (κ3) is 4.59. The molecular formula is C19H17F3N4OS2. The Hall–Kier alpha value is -2.46. The van der Waals surface area contributed by atoms with Gasteiger partial charge in [-0.05, 0) is 30.5 Å². The van der Waals surface area contributed by atoms with Crippen molar-refractivity contribution < 1.29 is 18.0 Å². The number of thiazole rings is 2. The molecule has 29 heavy (non-hydrogen) atoms. The highest BCUT2D eigenvalue weighted by atomic mass is 32.1. The number of carbonyl (C=O) groups is 1. The predicted octanol–water partition coefficient (Wildman–Crippen LogP) is 4.82. The lowest BCUT2D eigenvalue weighted by molar-refractivity contribution is -0.137. The summed E-state index contributed by atoms with van der Waals surface area (Å²) in [4.78, 5) is 24.1. The van der Waals surface area contributed by atoms with E-state index in [0.717, 1.165) is 47.1 Å². The highest BCUT2D eigenvalue weighted by Gasteiger charge is 2.32. The van der Waals surface area contributed by atoms with Gasteiger partial charge in [0.1, 0.15) is 6.04 Å². The molecule has 0 radical (unpaired) electrons. The van der Waals surface area contributed by atoms with Crippen LogP contribution in [0.4, 0.5) is 23.4 Å². The minimum atomic E-state index is -4.34. The van der Waals surface area contributed by atoms with Crippen molar-refractivity contribution >= 4 is 38.8 Å². The molecule has 0 saturated carbocycles. The van der Waals surface area contributed by atoms with Gasteiger partial charge in [-0.15, -0.1) is 22.7 Å². The van der Waals surface area contributed by atoms with E-state index in [9.17, 15) is 18.0 Å². The van der Waals surface area contributed by atoms with Crippen LogP contribution in [0.5, 0.6) is 0 Å². The second-order valence-corrected chi connectivity index (χ2v) is 8.65. The largest absolute Gasteiger partial charge is 0.416 e. The number of hydrogen-bond donors (Lipinski definition) is 1. The molecular weight excluding hydrogens is 421 g/mol. The zero-order chi connectivity index (χ0) is 20.4. The van der Waals surface area contributed by atoms with Crippen LogP contribution in [0, 0.1) is 0 Å². The van der Waals surface area contributed by atoms with E-state index in [1.54, 1.807) is 12.4 Å². The van der Waals surface area contributed by atoms with Gasteiger partial charge in [-0.1, -0.05) is 12.1 Å². The molecule has 1 unspecified atom stereocenters. The lowest BCUT2D eigenvalue weighted by atomic mass is 10.1. The van der Waals surface area contributed by atoms with Crippen molar-refractivity contribution in [2.45, 2.75) is 31.5 Å². The van der Waals surface area contributed by atoms with Gasteiger partial charge in [0, 0.05) is 35.6 Å². The maximum atomic E-state index is 12.7. The van der Waals surface area contributed by atoms with E-state index < -0.39 is 11.7 Å². The first-order valence-electron chi connectivity index (χ1n) is 8.98. The lowest BCUT2D eigenvalue weighted by Gasteiger charge is -2.22. The van der Waals surface area contributed by atoms with Crippen molar-refractivity contribution in [3.8, 4) is 0 Å². The predicted molar refractivity (Wildman–Crippen MR) is 107 cm³/mol. The second-order valence-electron chi connectivity index (χ2n) is 6.66. The molecule has 10 heteroatoms. The van der Waals surface area contributed by atoms with Gasteiger partial charge in [0.25, 0.3) is 0 Å². The minimum Gasteiger partial charge on any atom is -0.336 e. The lowest BCUT2D eigenvalue weighted by Crippen LogP contribution is -2.39. The molecule has 1 aliphatic rings. The molecule has 1 amide bonds. The van der Waals surface area contributed by atoms with Crippen LogP contribution in [0.25, 0.3) is 0 Å². The van der Waals surface area contributed by atoms with Gasteiger partial charge < -0.3 is 10.2 Å². The number of hydrogen-bond acceptors (Lipinski definition) is 6. The number of rotatable bonds is 5. The topological polar surface area (TPSA) is 58.1 Å². The Bertz CT molecular complexity index is 970. The third-order valence-corrected chi connectivity index (χ3v) is 6.39. The van der Waals surface area contributed by atoms with Crippen LogP contribution in [-0.2, 0) is 17.4 Å². The third-order valence-electron chi connectivity index (χ3n) is 4.66. The van der Waals surface area contributed by atoms with E-state index in [2.05, 4.69) is 15.3 Å². The summed E-state index contributed by atoms with van der Waals surface area (Å²) in [5, 5.41) is 6.08. The standard InChI is InChI=1S/C19H17F3N4OS2/c20-19(21,22)13-5-3-12(4-6-13)10-14-11-24-17(29-14)25-16(27)15-2-1-8-26(15)18-23-7-9-28-18/h3-7,9,11,15H,1-2,8,10H2,(H,24,25,27). The Balaban J connectivity index is 1.38. The number of benzene rings is 1. The molecule has 5 nitrogen and oxygen atoms in total. The SMILES string of the molecule is O=C(Nc1ncc(Cc2ccc(C(F)(F)F)cc2)s1)C1CCCN1c1nccs1. The van der Waals surface area contributed by atoms with Crippen molar-refractivity contribution in [3.63, 3.8) is 0 Å². The number of halogens is 3. The summed E-state index contributed by atoms with van der Waals surface area (Å²) < 4.78 is 38.0. The van der Waals surface area contributed by atoms with Gasteiger partial charge in [0.05, 0.1) is 5.56 Å². The fraction of sp³-hybridized carbons (Fsp3) is 0.316. The Morgan fingerprint density at radius 3 is 2.72 bits per heavy atom. The summed E-state index contributed by atoms with van der Waals surface area (Å²) >= 11 is 2.83. The smallest absolute Gasteiger partial charge is 0.336 e. The van der Waals surface area contributed by atoms with Gasteiger partial charge in [-0.2, -0.15) is 13.2 Å². The second kappa shape index (κ2) is 8.11. The highest BCUT2D eigenvalue weighted by molar-refractivity contribution is 7.15. The van der Waals surface area contributed by atoms with Crippen LogP contribution >= 0.6 is 22.7 Å². The summed E-state index contributed by atoms with van der Waals surface area (Å²) in [6, 6.07) is 4.80. The van der Waals surface area contributed by atoms with Crippen LogP contribution in [0.15, 0.2) is 42.0 Å². The molecule has 1 aliphatic heterocycles. The Morgan fingerprint density at radius 2 is 2.03 bits per heavy atom. The van der Waals surface area contributed by atoms with E-state index in [-0.39, 0.29) is 11.9 Å². The number of amides is 1. The van der Waals surface area contributed by atoms with Crippen molar-refractivity contribution in [3.05, 3.63) is 58.0 Å². The molecule has 0 aliphatic carbocycles. The van der Waals surface area contributed by atoms with E-state index in [4.69, 9.17) is 0 Å². The van der Waals surface area contributed by atoms with Crippen molar-refractivity contribution in [2.24, 2.45) is 0 Å². The molecule has 0 bridgehead atoms. The van der Waals surface area contributed by atoms with Crippen molar-refractivity contribution in [2.75, 3.05) is 16.8 Å². The summed E-state index contributed by atoms with van der Waals surface area (Å²) in [6.45, 7) is 0.794. The quantitative estimate of drug-likeness (QED) is 0.621. The van der Waals surface area contributed by atoms with E-state index in [1.165, 1.54) is 34.8 Å². The first-order valence-corrected chi connectivity index (χ1v) is 10.7.